The van der Waals surface area contributed by atoms with Gasteiger partial charge in [0.15, 0.2) is 5.75 Å². The van der Waals surface area contributed by atoms with E-state index < -0.39 is 34.3 Å². The summed E-state index contributed by atoms with van der Waals surface area (Å²) in [5.41, 5.74) is 0.568. The number of carbonyl (C=O) groups excluding carboxylic acids is 1. The highest BCUT2D eigenvalue weighted by molar-refractivity contribution is 7.91. The number of imidazole rings is 1. The summed E-state index contributed by atoms with van der Waals surface area (Å²) in [4.78, 5) is 21.4. The summed E-state index contributed by atoms with van der Waals surface area (Å²) in [7, 11) is -3.07. The summed E-state index contributed by atoms with van der Waals surface area (Å²) in [6, 6.07) is 4.54. The van der Waals surface area contributed by atoms with Crippen LogP contribution in [0.25, 0.3) is 5.65 Å². The quantitative estimate of drug-likeness (QED) is 0.496. The number of aromatic nitrogens is 3. The van der Waals surface area contributed by atoms with Gasteiger partial charge >= 0.3 is 0 Å². The molecule has 4 rings (SSSR count). The second-order valence-corrected chi connectivity index (χ2v) is 11.3. The number of hydrogen-bond acceptors (Lipinski definition) is 7. The van der Waals surface area contributed by atoms with Crippen molar-refractivity contribution in [2.24, 2.45) is 0 Å². The Kier molecular flexibility index (Phi) is 6.87. The monoisotopic (exact) mass is 528 g/mol. The lowest BCUT2D eigenvalue weighted by Gasteiger charge is -2.34. The summed E-state index contributed by atoms with van der Waals surface area (Å²) < 4.78 is 61.1. The Hall–Kier alpha value is -2.99. The lowest BCUT2D eigenvalue weighted by Crippen LogP contribution is -2.51. The second kappa shape index (κ2) is 9.57. The lowest BCUT2D eigenvalue weighted by molar-refractivity contribution is 0.0804. The van der Waals surface area contributed by atoms with Gasteiger partial charge in [-0.1, -0.05) is 11.6 Å². The minimum absolute atomic E-state index is 0.0242. The Morgan fingerprint density at radius 2 is 2.03 bits per heavy atom. The molecule has 0 aliphatic carbocycles. The van der Waals surface area contributed by atoms with Crippen molar-refractivity contribution in [2.45, 2.75) is 38.7 Å². The van der Waals surface area contributed by atoms with Gasteiger partial charge in [-0.05, 0) is 38.8 Å². The molecule has 1 aliphatic rings. The van der Waals surface area contributed by atoms with Gasteiger partial charge in [0.05, 0.1) is 28.4 Å². The van der Waals surface area contributed by atoms with Gasteiger partial charge in [-0.2, -0.15) is 0 Å². The first-order valence-corrected chi connectivity index (χ1v) is 12.9. The average molecular weight is 529 g/mol. The molecule has 35 heavy (non-hydrogen) atoms. The summed E-state index contributed by atoms with van der Waals surface area (Å²) in [6.07, 6.45) is 0.852. The molecule has 0 radical (unpaired) electrons. The van der Waals surface area contributed by atoms with Crippen LogP contribution < -0.4 is 14.8 Å². The minimum Gasteiger partial charge on any atom is -0.482 e. The third kappa shape index (κ3) is 5.81. The van der Waals surface area contributed by atoms with E-state index in [0.717, 1.165) is 0 Å². The minimum atomic E-state index is -3.07. The lowest BCUT2D eigenvalue weighted by atomic mass is 9.94. The maximum Gasteiger partial charge on any atom is 0.272 e. The molecule has 1 fully saturated rings. The molecular formula is C22H23ClF2N4O5S. The fraction of sp³-hybridized carbons (Fsp3) is 0.409. The number of halogens is 3. The van der Waals surface area contributed by atoms with E-state index in [-0.39, 0.29) is 33.9 Å². The third-order valence-electron chi connectivity index (χ3n) is 5.75. The molecule has 0 aromatic carbocycles. The van der Waals surface area contributed by atoms with Crippen molar-refractivity contribution >= 4 is 33.0 Å². The molecule has 3 aromatic rings. The zero-order valence-corrected chi connectivity index (χ0v) is 20.5. The molecule has 0 saturated carbocycles. The van der Waals surface area contributed by atoms with Crippen LogP contribution in [0.1, 0.15) is 35.9 Å². The highest BCUT2D eigenvalue weighted by Crippen LogP contribution is 2.32. The molecule has 1 N–H and O–H groups in total. The molecule has 1 saturated heterocycles. The van der Waals surface area contributed by atoms with E-state index in [1.165, 1.54) is 12.3 Å². The van der Waals surface area contributed by atoms with E-state index in [1.807, 2.05) is 6.92 Å². The van der Waals surface area contributed by atoms with Gasteiger partial charge in [0.25, 0.3) is 18.2 Å². The van der Waals surface area contributed by atoms with Gasteiger partial charge < -0.3 is 14.8 Å². The van der Waals surface area contributed by atoms with E-state index in [9.17, 15) is 22.0 Å². The van der Waals surface area contributed by atoms with Crippen LogP contribution in [0, 0.1) is 6.92 Å². The molecule has 13 heteroatoms. The van der Waals surface area contributed by atoms with Gasteiger partial charge in [-0.3, -0.25) is 9.20 Å². The number of carbonyl (C=O) groups is 1. The van der Waals surface area contributed by atoms with E-state index in [1.54, 1.807) is 29.7 Å². The molecule has 0 unspecified atom stereocenters. The summed E-state index contributed by atoms with van der Waals surface area (Å²) in [5, 5.41) is 3.13. The molecule has 1 amide bonds. The number of rotatable bonds is 7. The highest BCUT2D eigenvalue weighted by Gasteiger charge is 2.35. The number of amides is 1. The normalized spacial score (nSPS) is 16.9. The number of sulfone groups is 1. The van der Waals surface area contributed by atoms with E-state index >= 15 is 0 Å². The van der Waals surface area contributed by atoms with Crippen LogP contribution in [0.4, 0.5) is 8.78 Å². The number of pyridine rings is 2. The Morgan fingerprint density at radius 1 is 1.31 bits per heavy atom. The highest BCUT2D eigenvalue weighted by atomic mass is 35.5. The fourth-order valence-electron chi connectivity index (χ4n) is 3.72. The largest absolute Gasteiger partial charge is 0.482 e. The van der Waals surface area contributed by atoms with Crippen LogP contribution in [0.3, 0.4) is 0 Å². The molecule has 188 valence electrons. The number of hydrogen-bond donors (Lipinski definition) is 1. The maximum atomic E-state index is 13.0. The molecule has 0 spiro atoms. The van der Waals surface area contributed by atoms with Crippen LogP contribution in [0.15, 0.2) is 30.6 Å². The van der Waals surface area contributed by atoms with E-state index in [2.05, 4.69) is 15.3 Å². The first-order valence-electron chi connectivity index (χ1n) is 10.7. The van der Waals surface area contributed by atoms with E-state index in [4.69, 9.17) is 21.1 Å². The SMILES string of the molecule is Cc1c(C(=O)NC2(C)CCS(=O)(=O)CC2)nc2ccc(Oc3ncc(Cl)cc3OCC(F)F)cn12. The zero-order chi connectivity index (χ0) is 25.4. The smallest absolute Gasteiger partial charge is 0.272 e. The van der Waals surface area contributed by atoms with Crippen LogP contribution >= 0.6 is 11.6 Å². The van der Waals surface area contributed by atoms with Crippen molar-refractivity contribution in [3.8, 4) is 17.4 Å². The molecule has 1 aliphatic heterocycles. The van der Waals surface area contributed by atoms with Crippen LogP contribution in [0.2, 0.25) is 5.02 Å². The number of nitrogens with one attached hydrogen (secondary N) is 1. The van der Waals surface area contributed by atoms with Gasteiger partial charge in [0.1, 0.15) is 33.5 Å². The summed E-state index contributed by atoms with van der Waals surface area (Å²) >= 11 is 5.89. The third-order valence-corrected chi connectivity index (χ3v) is 7.61. The predicted molar refractivity (Wildman–Crippen MR) is 125 cm³/mol. The topological polar surface area (TPSA) is 112 Å². The molecule has 9 nitrogen and oxygen atoms in total. The van der Waals surface area contributed by atoms with Gasteiger partial charge in [0, 0.05) is 17.8 Å². The van der Waals surface area contributed by atoms with Crippen molar-refractivity contribution in [1.82, 2.24) is 19.7 Å². The molecule has 4 heterocycles. The van der Waals surface area contributed by atoms with Gasteiger partial charge in [-0.25, -0.2) is 27.2 Å². The van der Waals surface area contributed by atoms with Gasteiger partial charge in [0.2, 0.25) is 0 Å². The predicted octanol–water partition coefficient (Wildman–Crippen LogP) is 3.82. The standard InChI is InChI=1S/C22H23ClF2N4O5S/c1-13-19(20(30)28-22(2)5-7-35(31,32)8-6-22)27-18-4-3-15(11-29(13)18)34-21-16(33-12-17(24)25)9-14(23)10-26-21/h3-4,9-11,17H,5-8,12H2,1-2H3,(H,28,30). The van der Waals surface area contributed by atoms with Crippen LogP contribution in [-0.4, -0.2) is 58.8 Å². The summed E-state index contributed by atoms with van der Waals surface area (Å²) in [6.45, 7) is 2.69. The van der Waals surface area contributed by atoms with Crippen molar-refractivity contribution in [1.29, 1.82) is 0 Å². The van der Waals surface area contributed by atoms with Crippen molar-refractivity contribution < 1.29 is 31.5 Å². The number of alkyl halides is 2. The Labute approximate surface area is 205 Å². The second-order valence-electron chi connectivity index (χ2n) is 8.57. The average Bonchev–Trinajstić information content (AvgIpc) is 3.12. The fourth-order valence-corrected chi connectivity index (χ4v) is 5.59. The van der Waals surface area contributed by atoms with Crippen LogP contribution in [0.5, 0.6) is 17.4 Å². The van der Waals surface area contributed by atoms with Crippen molar-refractivity contribution in [3.05, 3.63) is 47.0 Å². The van der Waals surface area contributed by atoms with E-state index in [0.29, 0.717) is 29.9 Å². The number of nitrogens with zero attached hydrogens (tertiary/aromatic N) is 3. The zero-order valence-electron chi connectivity index (χ0n) is 18.9. The Bertz CT molecular complexity index is 1370. The number of fused-ring (bicyclic) bond motifs is 1. The first-order chi connectivity index (χ1) is 16.4. The maximum absolute atomic E-state index is 13.0. The number of aryl methyl sites for hydroxylation is 1. The molecule has 3 aromatic heterocycles. The Balaban J connectivity index is 1.55. The first kappa shape index (κ1) is 25.1. The van der Waals surface area contributed by atoms with Crippen molar-refractivity contribution in [3.63, 3.8) is 0 Å². The summed E-state index contributed by atoms with van der Waals surface area (Å²) in [5.74, 6) is -0.149. The molecular weight excluding hydrogens is 506 g/mol. The van der Waals surface area contributed by atoms with Gasteiger partial charge in [-0.15, -0.1) is 0 Å². The van der Waals surface area contributed by atoms with Crippen molar-refractivity contribution in [2.75, 3.05) is 18.1 Å². The molecule has 0 atom stereocenters. The number of ether oxygens (including phenoxy) is 2. The van der Waals surface area contributed by atoms with Crippen LogP contribution in [-0.2, 0) is 9.84 Å². The Morgan fingerprint density at radius 3 is 2.71 bits per heavy atom. The molecule has 0 bridgehead atoms.